The Bertz CT molecular complexity index is 935. The largest absolute Gasteiger partial charge is 0.352 e. The van der Waals surface area contributed by atoms with Gasteiger partial charge >= 0.3 is 0 Å². The van der Waals surface area contributed by atoms with Crippen LogP contribution in [0.4, 0.5) is 5.69 Å². The van der Waals surface area contributed by atoms with E-state index in [2.05, 4.69) is 15.7 Å². The van der Waals surface area contributed by atoms with Crippen LogP contribution in [0.1, 0.15) is 43.6 Å². The normalized spacial score (nSPS) is 10.6. The summed E-state index contributed by atoms with van der Waals surface area (Å²) in [5, 5.41) is 8.03. The highest BCUT2D eigenvalue weighted by molar-refractivity contribution is 7.12. The van der Waals surface area contributed by atoms with Gasteiger partial charge in [0.25, 0.3) is 11.8 Å². The summed E-state index contributed by atoms with van der Waals surface area (Å²) in [7, 11) is 1.70. The lowest BCUT2D eigenvalue weighted by Crippen LogP contribution is -2.30. The van der Waals surface area contributed by atoms with Crippen molar-refractivity contribution >= 4 is 40.2 Å². The molecule has 0 bridgehead atoms. The van der Waals surface area contributed by atoms with Crippen molar-refractivity contribution in [1.29, 1.82) is 0 Å². The number of rotatable bonds is 8. The predicted octanol–water partition coefficient (Wildman–Crippen LogP) is 4.54. The van der Waals surface area contributed by atoms with E-state index in [1.165, 1.54) is 16.2 Å². The van der Waals surface area contributed by atoms with Crippen LogP contribution >= 0.6 is 22.7 Å². The molecular formula is C21H23N3O2S2. The van der Waals surface area contributed by atoms with Crippen LogP contribution in [-0.4, -0.2) is 30.4 Å². The Labute approximate surface area is 173 Å². The van der Waals surface area contributed by atoms with E-state index >= 15 is 0 Å². The lowest BCUT2D eigenvalue weighted by Gasteiger charge is -2.19. The summed E-state index contributed by atoms with van der Waals surface area (Å²) < 4.78 is 0. The number of hydrogen-bond acceptors (Lipinski definition) is 5. The molecule has 1 N–H and O–H groups in total. The Hall–Kier alpha value is -2.51. The summed E-state index contributed by atoms with van der Waals surface area (Å²) >= 11 is 3.07. The standard InChI is InChI=1S/C21H23N3O2S2/c1-15-14-28-19(23-15)11-5-6-12-22-20(25)16-8-3-4-9-17(16)24(2)21(26)18-10-7-13-27-18/h3-4,7-10,13-14H,5-6,11-12H2,1-2H3,(H,22,25). The third kappa shape index (κ3) is 5.05. The maximum Gasteiger partial charge on any atom is 0.268 e. The van der Waals surface area contributed by atoms with Gasteiger partial charge in [-0.1, -0.05) is 18.2 Å². The van der Waals surface area contributed by atoms with Crippen molar-refractivity contribution < 1.29 is 9.59 Å². The molecule has 0 fully saturated rings. The first-order valence-electron chi connectivity index (χ1n) is 9.16. The minimum Gasteiger partial charge on any atom is -0.352 e. The maximum atomic E-state index is 12.7. The van der Waals surface area contributed by atoms with E-state index in [0.717, 1.165) is 30.0 Å². The van der Waals surface area contributed by atoms with Gasteiger partial charge < -0.3 is 10.2 Å². The Balaban J connectivity index is 1.55. The fraction of sp³-hybridized carbons (Fsp3) is 0.286. The molecule has 0 aliphatic carbocycles. The van der Waals surface area contributed by atoms with E-state index in [1.807, 2.05) is 30.5 Å². The summed E-state index contributed by atoms with van der Waals surface area (Å²) in [6, 6.07) is 10.8. The molecule has 1 aromatic carbocycles. The molecule has 0 radical (unpaired) electrons. The third-order valence-corrected chi connectivity index (χ3v) is 6.20. The monoisotopic (exact) mass is 413 g/mol. The number of nitrogens with one attached hydrogen (secondary N) is 1. The average Bonchev–Trinajstić information content (AvgIpc) is 3.38. The number of anilines is 1. The van der Waals surface area contributed by atoms with Gasteiger partial charge in [0.1, 0.15) is 0 Å². The molecule has 3 rings (SSSR count). The van der Waals surface area contributed by atoms with Crippen LogP contribution in [0.5, 0.6) is 0 Å². The molecule has 3 aromatic rings. The predicted molar refractivity (Wildman–Crippen MR) is 116 cm³/mol. The zero-order chi connectivity index (χ0) is 19.9. The minimum atomic E-state index is -0.161. The number of amides is 2. The molecule has 0 aliphatic rings. The summed E-state index contributed by atoms with van der Waals surface area (Å²) in [4.78, 5) is 31.9. The molecule has 0 saturated heterocycles. The summed E-state index contributed by atoms with van der Waals surface area (Å²) in [5.41, 5.74) is 2.17. The number of aromatic nitrogens is 1. The van der Waals surface area contributed by atoms with Crippen LogP contribution in [0.15, 0.2) is 47.2 Å². The van der Waals surface area contributed by atoms with Crippen LogP contribution in [0, 0.1) is 6.92 Å². The number of para-hydroxylation sites is 1. The second-order valence-corrected chi connectivity index (χ2v) is 8.34. The number of unbranched alkanes of at least 4 members (excludes halogenated alkanes) is 1. The number of nitrogens with zero attached hydrogens (tertiary/aromatic N) is 2. The zero-order valence-electron chi connectivity index (χ0n) is 16.0. The molecule has 7 heteroatoms. The summed E-state index contributed by atoms with van der Waals surface area (Å²) in [6.45, 7) is 2.60. The topological polar surface area (TPSA) is 62.3 Å². The van der Waals surface area contributed by atoms with Gasteiger partial charge in [-0.2, -0.15) is 0 Å². The van der Waals surface area contributed by atoms with Crippen molar-refractivity contribution in [3.63, 3.8) is 0 Å². The molecule has 0 unspecified atom stereocenters. The molecule has 5 nitrogen and oxygen atoms in total. The van der Waals surface area contributed by atoms with Gasteiger partial charge in [-0.25, -0.2) is 4.98 Å². The number of thiazole rings is 1. The van der Waals surface area contributed by atoms with Crippen LogP contribution in [-0.2, 0) is 6.42 Å². The molecule has 2 amide bonds. The molecule has 0 aliphatic heterocycles. The maximum absolute atomic E-state index is 12.7. The molecule has 0 atom stereocenters. The van der Waals surface area contributed by atoms with Crippen molar-refractivity contribution in [2.75, 3.05) is 18.5 Å². The van der Waals surface area contributed by atoms with Crippen molar-refractivity contribution in [3.05, 3.63) is 68.3 Å². The van der Waals surface area contributed by atoms with E-state index in [-0.39, 0.29) is 11.8 Å². The Morgan fingerprint density at radius 2 is 1.93 bits per heavy atom. The fourth-order valence-electron chi connectivity index (χ4n) is 2.85. The Morgan fingerprint density at radius 1 is 1.11 bits per heavy atom. The molecule has 2 aromatic heterocycles. The van der Waals surface area contributed by atoms with Gasteiger partial charge in [0.2, 0.25) is 0 Å². The van der Waals surface area contributed by atoms with E-state index in [0.29, 0.717) is 22.7 Å². The molecule has 28 heavy (non-hydrogen) atoms. The van der Waals surface area contributed by atoms with E-state index in [4.69, 9.17) is 0 Å². The molecule has 2 heterocycles. The third-order valence-electron chi connectivity index (χ3n) is 4.32. The zero-order valence-corrected chi connectivity index (χ0v) is 17.6. The van der Waals surface area contributed by atoms with Crippen LogP contribution in [0.3, 0.4) is 0 Å². The average molecular weight is 414 g/mol. The first-order valence-corrected chi connectivity index (χ1v) is 10.9. The summed E-state index contributed by atoms with van der Waals surface area (Å²) in [6.07, 6.45) is 2.80. The van der Waals surface area contributed by atoms with Gasteiger partial charge in [0.15, 0.2) is 0 Å². The number of aryl methyl sites for hydroxylation is 2. The Morgan fingerprint density at radius 3 is 2.64 bits per heavy atom. The van der Waals surface area contributed by atoms with Gasteiger partial charge in [-0.05, 0) is 49.8 Å². The Kier molecular flexibility index (Phi) is 6.95. The highest BCUT2D eigenvalue weighted by Gasteiger charge is 2.19. The van der Waals surface area contributed by atoms with Crippen molar-refractivity contribution in [3.8, 4) is 0 Å². The van der Waals surface area contributed by atoms with Gasteiger partial charge in [0, 0.05) is 24.7 Å². The second-order valence-electron chi connectivity index (χ2n) is 6.45. The SMILES string of the molecule is Cc1csc(CCCCNC(=O)c2ccccc2N(C)C(=O)c2cccs2)n1. The number of carbonyl (C=O) groups excluding carboxylic acids is 2. The van der Waals surface area contributed by atoms with Gasteiger partial charge in [-0.15, -0.1) is 22.7 Å². The number of benzene rings is 1. The van der Waals surface area contributed by atoms with Crippen molar-refractivity contribution in [1.82, 2.24) is 10.3 Å². The van der Waals surface area contributed by atoms with E-state index in [9.17, 15) is 9.59 Å². The molecule has 0 saturated carbocycles. The van der Waals surface area contributed by atoms with Gasteiger partial charge in [0.05, 0.1) is 21.1 Å². The first kappa shape index (κ1) is 20.2. The van der Waals surface area contributed by atoms with Crippen molar-refractivity contribution in [2.45, 2.75) is 26.2 Å². The molecular weight excluding hydrogens is 390 g/mol. The van der Waals surface area contributed by atoms with Crippen LogP contribution in [0.2, 0.25) is 0 Å². The van der Waals surface area contributed by atoms with E-state index < -0.39 is 0 Å². The number of carbonyl (C=O) groups is 2. The lowest BCUT2D eigenvalue weighted by atomic mass is 10.1. The highest BCUT2D eigenvalue weighted by Crippen LogP contribution is 2.22. The van der Waals surface area contributed by atoms with Crippen molar-refractivity contribution in [2.24, 2.45) is 0 Å². The van der Waals surface area contributed by atoms with E-state index in [1.54, 1.807) is 36.6 Å². The molecule has 0 spiro atoms. The van der Waals surface area contributed by atoms with Crippen LogP contribution in [0.25, 0.3) is 0 Å². The highest BCUT2D eigenvalue weighted by atomic mass is 32.1. The lowest BCUT2D eigenvalue weighted by molar-refractivity contribution is 0.0953. The van der Waals surface area contributed by atoms with Crippen LogP contribution < -0.4 is 10.2 Å². The second kappa shape index (κ2) is 9.61. The first-order chi connectivity index (χ1) is 13.6. The quantitative estimate of drug-likeness (QED) is 0.552. The van der Waals surface area contributed by atoms with Gasteiger partial charge in [-0.3, -0.25) is 9.59 Å². The number of hydrogen-bond donors (Lipinski definition) is 1. The summed E-state index contributed by atoms with van der Waals surface area (Å²) in [5.74, 6) is -0.277. The smallest absolute Gasteiger partial charge is 0.268 e. The molecule has 146 valence electrons. The minimum absolute atomic E-state index is 0.117. The number of thiophene rings is 1. The fourth-order valence-corrected chi connectivity index (χ4v) is 4.37.